The predicted molar refractivity (Wildman–Crippen MR) is 74.9 cm³/mol. The molecule has 0 radical (unpaired) electrons. The van der Waals surface area contributed by atoms with Crippen LogP contribution in [0, 0.1) is 11.3 Å². The number of thioether (sulfide) groups is 1. The van der Waals surface area contributed by atoms with Crippen LogP contribution in [0.1, 0.15) is 4.88 Å². The molecule has 6 heteroatoms. The van der Waals surface area contributed by atoms with Crippen LogP contribution >= 0.6 is 23.1 Å². The molecule has 0 aromatic carbocycles. The van der Waals surface area contributed by atoms with E-state index < -0.39 is 0 Å². The van der Waals surface area contributed by atoms with Gasteiger partial charge in [0.1, 0.15) is 15.9 Å². The van der Waals surface area contributed by atoms with Gasteiger partial charge < -0.3 is 15.5 Å². The van der Waals surface area contributed by atoms with Gasteiger partial charge in [-0.2, -0.15) is 5.26 Å². The van der Waals surface area contributed by atoms with Gasteiger partial charge >= 0.3 is 0 Å². The molecule has 92 valence electrons. The number of hydrogen-bond acceptors (Lipinski definition) is 6. The molecule has 0 amide bonds. The maximum absolute atomic E-state index is 9.04. The van der Waals surface area contributed by atoms with Crippen molar-refractivity contribution in [2.45, 2.75) is 4.90 Å². The standard InChI is InChI=1S/C11H16N4S2/c1-14-3-5-15(6-4-14)11-10(16-2)9(13)8(7-12)17-11/h3-6,13H2,1-2H3. The van der Waals surface area contributed by atoms with Gasteiger partial charge in [0.15, 0.2) is 0 Å². The van der Waals surface area contributed by atoms with Crippen LogP contribution in [0.15, 0.2) is 4.90 Å². The van der Waals surface area contributed by atoms with Crippen LogP contribution in [0.3, 0.4) is 0 Å². The average Bonchev–Trinajstić information content (AvgIpc) is 2.66. The minimum Gasteiger partial charge on any atom is -0.396 e. The lowest BCUT2D eigenvalue weighted by atomic mass is 10.3. The molecule has 0 saturated carbocycles. The number of nitrogens with two attached hydrogens (primary N) is 1. The zero-order valence-corrected chi connectivity index (χ0v) is 11.7. The Kier molecular flexibility index (Phi) is 3.82. The third-order valence-electron chi connectivity index (χ3n) is 2.98. The first kappa shape index (κ1) is 12.6. The van der Waals surface area contributed by atoms with Crippen molar-refractivity contribution in [1.82, 2.24) is 4.90 Å². The van der Waals surface area contributed by atoms with Crippen LogP contribution in [-0.2, 0) is 0 Å². The van der Waals surface area contributed by atoms with Crippen molar-refractivity contribution in [3.05, 3.63) is 4.88 Å². The lowest BCUT2D eigenvalue weighted by Crippen LogP contribution is -2.44. The van der Waals surface area contributed by atoms with Gasteiger partial charge in [-0.1, -0.05) is 0 Å². The number of nitriles is 1. The van der Waals surface area contributed by atoms with Crippen LogP contribution in [0.2, 0.25) is 0 Å². The maximum Gasteiger partial charge on any atom is 0.131 e. The largest absolute Gasteiger partial charge is 0.396 e. The highest BCUT2D eigenvalue weighted by Gasteiger charge is 2.22. The second kappa shape index (κ2) is 5.17. The fourth-order valence-electron chi connectivity index (χ4n) is 1.91. The molecular formula is C11H16N4S2. The summed E-state index contributed by atoms with van der Waals surface area (Å²) in [6.07, 6.45) is 2.01. The molecule has 0 unspecified atom stereocenters. The molecule has 1 aromatic rings. The lowest BCUT2D eigenvalue weighted by molar-refractivity contribution is 0.313. The van der Waals surface area contributed by atoms with E-state index in [4.69, 9.17) is 11.0 Å². The molecule has 17 heavy (non-hydrogen) atoms. The van der Waals surface area contributed by atoms with Gasteiger partial charge in [-0.3, -0.25) is 0 Å². The summed E-state index contributed by atoms with van der Waals surface area (Å²) < 4.78 is 0. The van der Waals surface area contributed by atoms with E-state index in [0.29, 0.717) is 10.6 Å². The summed E-state index contributed by atoms with van der Waals surface area (Å²) in [4.78, 5) is 6.37. The zero-order valence-electron chi connectivity index (χ0n) is 10.1. The molecule has 1 aliphatic rings. The third-order valence-corrected chi connectivity index (χ3v) is 5.10. The van der Waals surface area contributed by atoms with E-state index in [1.807, 2.05) is 6.26 Å². The molecule has 0 bridgehead atoms. The van der Waals surface area contributed by atoms with Gasteiger partial charge in [-0.05, 0) is 13.3 Å². The van der Waals surface area contributed by atoms with Crippen molar-refractivity contribution in [2.75, 3.05) is 50.1 Å². The van der Waals surface area contributed by atoms with Crippen molar-refractivity contribution in [1.29, 1.82) is 5.26 Å². The summed E-state index contributed by atoms with van der Waals surface area (Å²) in [5, 5.41) is 10.2. The lowest BCUT2D eigenvalue weighted by Gasteiger charge is -2.33. The van der Waals surface area contributed by atoms with Crippen LogP contribution in [0.5, 0.6) is 0 Å². The van der Waals surface area contributed by atoms with Crippen LogP contribution in [0.4, 0.5) is 10.7 Å². The molecule has 2 heterocycles. The third kappa shape index (κ3) is 2.37. The Bertz CT molecular complexity index is 441. The van der Waals surface area contributed by atoms with Gasteiger partial charge in [-0.15, -0.1) is 23.1 Å². The molecule has 1 saturated heterocycles. The minimum atomic E-state index is 0.642. The van der Waals surface area contributed by atoms with Crippen molar-refractivity contribution in [2.24, 2.45) is 0 Å². The number of piperazine rings is 1. The highest BCUT2D eigenvalue weighted by atomic mass is 32.2. The summed E-state index contributed by atoms with van der Waals surface area (Å²) in [5.74, 6) is 0. The molecule has 2 rings (SSSR count). The number of rotatable bonds is 2. The number of likely N-dealkylation sites (N-methyl/N-ethyl adjacent to an activating group) is 1. The molecule has 1 fully saturated rings. The van der Waals surface area contributed by atoms with Crippen molar-refractivity contribution >= 4 is 33.8 Å². The second-order valence-corrected chi connectivity index (χ2v) is 5.90. The molecule has 2 N–H and O–H groups in total. The summed E-state index contributed by atoms with van der Waals surface area (Å²) in [5.41, 5.74) is 6.64. The molecule has 0 atom stereocenters. The van der Waals surface area contributed by atoms with Gasteiger partial charge in [0.05, 0.1) is 10.6 Å². The number of anilines is 2. The highest BCUT2D eigenvalue weighted by Crippen LogP contribution is 2.43. The number of thiophene rings is 1. The van der Waals surface area contributed by atoms with Gasteiger partial charge in [0.2, 0.25) is 0 Å². The Morgan fingerprint density at radius 3 is 2.53 bits per heavy atom. The van der Waals surface area contributed by atoms with Crippen LogP contribution < -0.4 is 10.6 Å². The summed E-state index contributed by atoms with van der Waals surface area (Å²) in [6, 6.07) is 2.18. The van der Waals surface area contributed by atoms with Gasteiger partial charge in [0.25, 0.3) is 0 Å². The van der Waals surface area contributed by atoms with Crippen LogP contribution in [0.25, 0.3) is 0 Å². The van der Waals surface area contributed by atoms with E-state index in [-0.39, 0.29) is 0 Å². The molecule has 1 aliphatic heterocycles. The Hall–Kier alpha value is -0.900. The van der Waals surface area contributed by atoms with E-state index in [1.54, 1.807) is 11.8 Å². The second-order valence-electron chi connectivity index (χ2n) is 4.09. The Morgan fingerprint density at radius 2 is 2.00 bits per heavy atom. The monoisotopic (exact) mass is 268 g/mol. The highest BCUT2D eigenvalue weighted by molar-refractivity contribution is 7.99. The number of nitrogen functional groups attached to an aromatic ring is 1. The first-order chi connectivity index (χ1) is 8.17. The Labute approximate surface area is 110 Å². The topological polar surface area (TPSA) is 56.3 Å². The smallest absolute Gasteiger partial charge is 0.131 e. The average molecular weight is 268 g/mol. The first-order valence-corrected chi connectivity index (χ1v) is 7.51. The van der Waals surface area contributed by atoms with E-state index >= 15 is 0 Å². The van der Waals surface area contributed by atoms with Gasteiger partial charge in [-0.25, -0.2) is 0 Å². The van der Waals surface area contributed by atoms with Crippen molar-refractivity contribution in [3.63, 3.8) is 0 Å². The SMILES string of the molecule is CSc1c(N2CCN(C)CC2)sc(C#N)c1N. The molecular weight excluding hydrogens is 252 g/mol. The number of hydrogen-bond donors (Lipinski definition) is 1. The summed E-state index contributed by atoms with van der Waals surface area (Å²) in [7, 11) is 2.14. The fraction of sp³-hybridized carbons (Fsp3) is 0.545. The molecule has 0 aliphatic carbocycles. The van der Waals surface area contributed by atoms with Crippen molar-refractivity contribution < 1.29 is 0 Å². The molecule has 1 aromatic heterocycles. The summed E-state index contributed by atoms with van der Waals surface area (Å²) >= 11 is 3.15. The first-order valence-electron chi connectivity index (χ1n) is 5.47. The number of nitrogens with zero attached hydrogens (tertiary/aromatic N) is 3. The Morgan fingerprint density at radius 1 is 1.35 bits per heavy atom. The maximum atomic E-state index is 9.04. The van der Waals surface area contributed by atoms with Gasteiger partial charge in [0, 0.05) is 26.2 Å². The predicted octanol–water partition coefficient (Wildman–Crippen LogP) is 1.68. The van der Waals surface area contributed by atoms with Crippen molar-refractivity contribution in [3.8, 4) is 6.07 Å². The van der Waals surface area contributed by atoms with E-state index in [0.717, 1.165) is 31.1 Å². The van der Waals surface area contributed by atoms with E-state index in [9.17, 15) is 0 Å². The Balaban J connectivity index is 2.29. The fourth-order valence-corrected chi connectivity index (χ4v) is 3.94. The van der Waals surface area contributed by atoms with E-state index in [2.05, 4.69) is 22.9 Å². The zero-order chi connectivity index (χ0) is 12.4. The van der Waals surface area contributed by atoms with Crippen LogP contribution in [-0.4, -0.2) is 44.4 Å². The normalized spacial score (nSPS) is 17.1. The minimum absolute atomic E-state index is 0.642. The summed E-state index contributed by atoms with van der Waals surface area (Å²) in [6.45, 7) is 4.14. The van der Waals surface area contributed by atoms with E-state index in [1.165, 1.54) is 16.3 Å². The quantitative estimate of drug-likeness (QED) is 0.827. The molecule has 4 nitrogen and oxygen atoms in total. The molecule has 0 spiro atoms.